The fourth-order valence-corrected chi connectivity index (χ4v) is 4.14. The van der Waals surface area contributed by atoms with Gasteiger partial charge in [0.25, 0.3) is 0 Å². The number of benzene rings is 1. The van der Waals surface area contributed by atoms with Crippen LogP contribution in [-0.4, -0.2) is 46.5 Å². The molecular formula is C17H25ClN2O6S. The zero-order valence-corrected chi connectivity index (χ0v) is 17.1. The van der Waals surface area contributed by atoms with Crippen LogP contribution in [0.3, 0.4) is 0 Å². The van der Waals surface area contributed by atoms with Crippen LogP contribution in [0.1, 0.15) is 31.9 Å². The number of hydrogen-bond donors (Lipinski definition) is 2. The van der Waals surface area contributed by atoms with Gasteiger partial charge >= 0.3 is 12.1 Å². The zero-order valence-electron chi connectivity index (χ0n) is 15.5. The molecule has 8 nitrogen and oxygen atoms in total. The van der Waals surface area contributed by atoms with E-state index < -0.39 is 27.9 Å². The summed E-state index contributed by atoms with van der Waals surface area (Å²) in [5.41, 5.74) is 0.828. The van der Waals surface area contributed by atoms with Gasteiger partial charge in [-0.3, -0.25) is 10.1 Å². The highest BCUT2D eigenvalue weighted by Gasteiger charge is 2.37. The highest BCUT2D eigenvalue weighted by Crippen LogP contribution is 2.36. The smallest absolute Gasteiger partial charge is 0.411 e. The predicted molar refractivity (Wildman–Crippen MR) is 103 cm³/mol. The fraction of sp³-hybridized carbons (Fsp3) is 0.529. The molecule has 1 fully saturated rings. The Kier molecular flexibility index (Phi) is 8.52. The number of carbonyl (C=O) groups is 2. The van der Waals surface area contributed by atoms with Gasteiger partial charge in [0.2, 0.25) is 0 Å². The molecule has 27 heavy (non-hydrogen) atoms. The minimum absolute atomic E-state index is 0. The molecule has 1 saturated heterocycles. The molecule has 0 spiro atoms. The van der Waals surface area contributed by atoms with E-state index in [-0.39, 0.29) is 35.6 Å². The van der Waals surface area contributed by atoms with Crippen molar-refractivity contribution in [3.05, 3.63) is 23.8 Å². The van der Waals surface area contributed by atoms with Crippen molar-refractivity contribution in [2.75, 3.05) is 31.3 Å². The summed E-state index contributed by atoms with van der Waals surface area (Å²) in [7, 11) is -2.28. The van der Waals surface area contributed by atoms with Crippen LogP contribution >= 0.6 is 12.4 Å². The van der Waals surface area contributed by atoms with Gasteiger partial charge in [-0.25, -0.2) is 13.2 Å². The minimum atomic E-state index is -3.51. The number of esters is 1. The second-order valence-corrected chi connectivity index (χ2v) is 8.10. The first-order valence-electron chi connectivity index (χ1n) is 8.45. The van der Waals surface area contributed by atoms with Crippen molar-refractivity contribution in [1.29, 1.82) is 0 Å². The van der Waals surface area contributed by atoms with Gasteiger partial charge in [0.15, 0.2) is 9.84 Å². The lowest BCUT2D eigenvalue weighted by Gasteiger charge is -2.22. The average Bonchev–Trinajstić information content (AvgIpc) is 3.11. The van der Waals surface area contributed by atoms with E-state index in [2.05, 4.69) is 15.4 Å². The largest absolute Gasteiger partial charge is 0.466 e. The topological polar surface area (TPSA) is 111 Å². The third-order valence-electron chi connectivity index (χ3n) is 4.30. The SMILES string of the molecule is CCOC(=O)[C@H]1CCN[C@@H]1c1cc(NC(=O)OC)ccc1S(=O)(=O)CC.Cl. The second kappa shape index (κ2) is 9.91. The van der Waals surface area contributed by atoms with Gasteiger partial charge in [-0.1, -0.05) is 6.92 Å². The molecule has 0 saturated carbocycles. The number of anilines is 1. The maximum atomic E-state index is 12.5. The van der Waals surface area contributed by atoms with E-state index in [1.165, 1.54) is 19.2 Å². The molecule has 1 aromatic carbocycles. The van der Waals surface area contributed by atoms with Crippen molar-refractivity contribution < 1.29 is 27.5 Å². The van der Waals surface area contributed by atoms with Crippen molar-refractivity contribution in [3.8, 4) is 0 Å². The predicted octanol–water partition coefficient (Wildman–Crippen LogP) is 2.29. The van der Waals surface area contributed by atoms with Gasteiger partial charge in [-0.2, -0.15) is 0 Å². The first-order valence-corrected chi connectivity index (χ1v) is 10.1. The second-order valence-electron chi connectivity index (χ2n) is 5.85. The van der Waals surface area contributed by atoms with E-state index >= 15 is 0 Å². The lowest BCUT2D eigenvalue weighted by atomic mass is 9.94. The Morgan fingerprint density at radius 2 is 2.00 bits per heavy atom. The molecule has 1 aliphatic heterocycles. The van der Waals surface area contributed by atoms with Crippen molar-refractivity contribution >= 4 is 40.0 Å². The minimum Gasteiger partial charge on any atom is -0.466 e. The van der Waals surface area contributed by atoms with Gasteiger partial charge < -0.3 is 14.8 Å². The van der Waals surface area contributed by atoms with Gasteiger partial charge in [-0.15, -0.1) is 12.4 Å². The van der Waals surface area contributed by atoms with E-state index in [1.807, 2.05) is 0 Å². The number of sulfone groups is 1. The first kappa shape index (κ1) is 23.2. The third kappa shape index (κ3) is 5.33. The Balaban J connectivity index is 0.00000364. The Labute approximate surface area is 165 Å². The van der Waals surface area contributed by atoms with E-state index in [0.717, 1.165) is 0 Å². The standard InChI is InChI=1S/C17H24N2O6S.ClH/c1-4-25-16(20)12-8-9-18-15(12)13-10-11(19-17(21)24-3)6-7-14(13)26(22,23)5-2;/h6-7,10,12,15,18H,4-5,8-9H2,1-3H3,(H,19,21);1H/t12-,15-;/m0./s1. The van der Waals surface area contributed by atoms with Crippen LogP contribution in [0.15, 0.2) is 23.1 Å². The Hall–Kier alpha value is -1.84. The van der Waals surface area contributed by atoms with Crippen LogP contribution in [0.5, 0.6) is 0 Å². The molecule has 10 heteroatoms. The summed E-state index contributed by atoms with van der Waals surface area (Å²) < 4.78 is 34.7. The van der Waals surface area contributed by atoms with Crippen LogP contribution in [-0.2, 0) is 24.1 Å². The van der Waals surface area contributed by atoms with E-state index in [1.54, 1.807) is 19.9 Å². The molecule has 0 unspecified atom stereocenters. The number of nitrogens with one attached hydrogen (secondary N) is 2. The zero-order chi connectivity index (χ0) is 19.3. The lowest BCUT2D eigenvalue weighted by Crippen LogP contribution is -2.27. The molecule has 0 bridgehead atoms. The van der Waals surface area contributed by atoms with Crippen LogP contribution in [0, 0.1) is 5.92 Å². The van der Waals surface area contributed by atoms with Gasteiger partial charge in [0.1, 0.15) is 0 Å². The monoisotopic (exact) mass is 420 g/mol. The quantitative estimate of drug-likeness (QED) is 0.679. The van der Waals surface area contributed by atoms with Gasteiger partial charge in [-0.05, 0) is 43.7 Å². The number of rotatable bonds is 6. The number of halogens is 1. The molecule has 1 heterocycles. The number of hydrogen-bond acceptors (Lipinski definition) is 7. The summed E-state index contributed by atoms with van der Waals surface area (Å²) in [6.45, 7) is 4.11. The maximum Gasteiger partial charge on any atom is 0.411 e. The molecular weight excluding hydrogens is 396 g/mol. The van der Waals surface area contributed by atoms with Crippen molar-refractivity contribution in [3.63, 3.8) is 0 Å². The molecule has 0 radical (unpaired) electrons. The lowest BCUT2D eigenvalue weighted by molar-refractivity contribution is -0.148. The maximum absolute atomic E-state index is 12.5. The van der Waals surface area contributed by atoms with Gasteiger partial charge in [0, 0.05) is 11.7 Å². The molecule has 1 aromatic rings. The van der Waals surface area contributed by atoms with Crippen LogP contribution in [0.4, 0.5) is 10.5 Å². The normalized spacial score (nSPS) is 19.1. The summed E-state index contributed by atoms with van der Waals surface area (Å²) in [6.07, 6.45) is -0.118. The summed E-state index contributed by atoms with van der Waals surface area (Å²) in [5.74, 6) is -0.927. The summed E-state index contributed by atoms with van der Waals surface area (Å²) >= 11 is 0. The number of carbonyl (C=O) groups excluding carboxylic acids is 2. The molecule has 2 rings (SSSR count). The van der Waals surface area contributed by atoms with Crippen molar-refractivity contribution in [1.82, 2.24) is 5.32 Å². The Morgan fingerprint density at radius 3 is 2.59 bits per heavy atom. The van der Waals surface area contributed by atoms with Gasteiger partial charge in [0.05, 0.1) is 30.3 Å². The molecule has 1 amide bonds. The van der Waals surface area contributed by atoms with E-state index in [4.69, 9.17) is 4.74 Å². The van der Waals surface area contributed by atoms with Crippen LogP contribution in [0.25, 0.3) is 0 Å². The Morgan fingerprint density at radius 1 is 1.30 bits per heavy atom. The van der Waals surface area contributed by atoms with E-state index in [0.29, 0.717) is 24.2 Å². The fourth-order valence-electron chi connectivity index (χ4n) is 3.01. The molecule has 152 valence electrons. The van der Waals surface area contributed by atoms with E-state index in [9.17, 15) is 18.0 Å². The molecule has 0 aliphatic carbocycles. The van der Waals surface area contributed by atoms with Crippen molar-refractivity contribution in [2.45, 2.75) is 31.2 Å². The third-order valence-corrected chi connectivity index (χ3v) is 6.11. The molecule has 2 atom stereocenters. The summed E-state index contributed by atoms with van der Waals surface area (Å²) in [6, 6.07) is 4.00. The first-order chi connectivity index (χ1) is 12.3. The summed E-state index contributed by atoms with van der Waals surface area (Å²) in [4.78, 5) is 23.9. The highest BCUT2D eigenvalue weighted by atomic mass is 35.5. The highest BCUT2D eigenvalue weighted by molar-refractivity contribution is 7.91. The molecule has 2 N–H and O–H groups in total. The van der Waals surface area contributed by atoms with Crippen LogP contribution in [0.2, 0.25) is 0 Å². The number of methoxy groups -OCH3 is 1. The average molecular weight is 421 g/mol. The Bertz CT molecular complexity index is 784. The van der Waals surface area contributed by atoms with Crippen molar-refractivity contribution in [2.24, 2.45) is 5.92 Å². The molecule has 1 aliphatic rings. The van der Waals surface area contributed by atoms with Crippen LogP contribution < -0.4 is 10.6 Å². The number of ether oxygens (including phenoxy) is 2. The summed E-state index contributed by atoms with van der Waals surface area (Å²) in [5, 5.41) is 5.71. The number of amides is 1. The molecule has 0 aromatic heterocycles.